The molecule has 0 bridgehead atoms. The van der Waals surface area contributed by atoms with Crippen molar-refractivity contribution >= 4 is 22.9 Å². The first-order chi connectivity index (χ1) is 15.2. The maximum absolute atomic E-state index is 13.1. The molecule has 2 aromatic carbocycles. The van der Waals surface area contributed by atoms with Crippen LogP contribution in [0.5, 0.6) is 0 Å². The third-order valence-corrected chi connectivity index (χ3v) is 7.00. The molecule has 1 aromatic heterocycles. The molecule has 0 radical (unpaired) electrons. The topological polar surface area (TPSA) is 50.2 Å². The molecule has 5 rings (SSSR count). The Labute approximate surface area is 184 Å². The molecule has 1 aliphatic carbocycles. The van der Waals surface area contributed by atoms with Gasteiger partial charge >= 0.3 is 0 Å². The van der Waals surface area contributed by atoms with Crippen LogP contribution in [0.25, 0.3) is 11.0 Å². The highest BCUT2D eigenvalue weighted by atomic mass is 16.2. The summed E-state index contributed by atoms with van der Waals surface area (Å²) in [4.78, 5) is 20.5. The van der Waals surface area contributed by atoms with Crippen molar-refractivity contribution in [3.05, 3.63) is 60.2 Å². The number of para-hydroxylation sites is 2. The van der Waals surface area contributed by atoms with E-state index in [0.29, 0.717) is 6.04 Å². The first kappa shape index (κ1) is 20.1. The van der Waals surface area contributed by atoms with Gasteiger partial charge in [0.05, 0.1) is 23.0 Å². The van der Waals surface area contributed by atoms with Gasteiger partial charge in [0.15, 0.2) is 0 Å². The zero-order valence-electron chi connectivity index (χ0n) is 18.3. The lowest BCUT2D eigenvalue weighted by molar-refractivity contribution is -0.125. The van der Waals surface area contributed by atoms with Gasteiger partial charge in [-0.1, -0.05) is 55.3 Å². The largest absolute Gasteiger partial charge is 0.349 e. The third-order valence-electron chi connectivity index (χ3n) is 7.00. The van der Waals surface area contributed by atoms with E-state index in [9.17, 15) is 4.79 Å². The first-order valence-corrected chi connectivity index (χ1v) is 11.8. The van der Waals surface area contributed by atoms with Crippen LogP contribution >= 0.6 is 0 Å². The van der Waals surface area contributed by atoms with E-state index in [1.807, 2.05) is 18.2 Å². The number of amides is 1. The lowest BCUT2D eigenvalue weighted by atomic mass is 9.96. The Hall–Kier alpha value is -2.82. The molecule has 3 aromatic rings. The number of hydrogen-bond acceptors (Lipinski definition) is 3. The molecule has 2 unspecified atom stereocenters. The van der Waals surface area contributed by atoms with Crippen LogP contribution in [0.4, 0.5) is 5.95 Å². The summed E-state index contributed by atoms with van der Waals surface area (Å²) in [6.07, 6.45) is 6.98. The second-order valence-corrected chi connectivity index (χ2v) is 9.13. The highest BCUT2D eigenvalue weighted by Crippen LogP contribution is 2.37. The number of fused-ring (bicyclic) bond motifs is 1. The molecular formula is C26H32N4O. The fourth-order valence-corrected chi connectivity index (χ4v) is 5.31. The average Bonchev–Trinajstić information content (AvgIpc) is 3.47. The number of nitrogens with one attached hydrogen (secondary N) is 1. The van der Waals surface area contributed by atoms with Gasteiger partial charge in [-0.15, -0.1) is 0 Å². The molecule has 5 nitrogen and oxygen atoms in total. The summed E-state index contributed by atoms with van der Waals surface area (Å²) >= 11 is 0. The fourth-order valence-electron chi connectivity index (χ4n) is 5.31. The lowest BCUT2D eigenvalue weighted by Gasteiger charge is -2.34. The molecule has 1 saturated heterocycles. The predicted molar refractivity (Wildman–Crippen MR) is 125 cm³/mol. The Morgan fingerprint density at radius 3 is 2.55 bits per heavy atom. The summed E-state index contributed by atoms with van der Waals surface area (Å²) in [5.41, 5.74) is 3.44. The van der Waals surface area contributed by atoms with Crippen molar-refractivity contribution in [1.29, 1.82) is 0 Å². The molecule has 1 aliphatic heterocycles. The molecule has 0 spiro atoms. The number of nitrogens with zero attached hydrogens (tertiary/aromatic N) is 3. The number of piperidine rings is 1. The van der Waals surface area contributed by atoms with Gasteiger partial charge in [-0.3, -0.25) is 4.79 Å². The first-order valence-electron chi connectivity index (χ1n) is 11.8. The minimum absolute atomic E-state index is 0.00301. The van der Waals surface area contributed by atoms with Gasteiger partial charge in [0.25, 0.3) is 0 Å². The minimum atomic E-state index is -0.00301. The van der Waals surface area contributed by atoms with Gasteiger partial charge in [-0.2, -0.15) is 0 Å². The normalized spacial score (nSPS) is 20.8. The molecule has 2 aliphatic rings. The maximum atomic E-state index is 13.1. The molecular weight excluding hydrogens is 384 g/mol. The second kappa shape index (κ2) is 8.74. The molecule has 2 fully saturated rings. The summed E-state index contributed by atoms with van der Waals surface area (Å²) in [7, 11) is 0. The Morgan fingerprint density at radius 2 is 1.74 bits per heavy atom. The summed E-state index contributed by atoms with van der Waals surface area (Å²) in [5.74, 6) is 1.21. The number of carbonyl (C=O) groups excluding carboxylic acids is 1. The van der Waals surface area contributed by atoms with Gasteiger partial charge in [-0.25, -0.2) is 4.98 Å². The highest BCUT2D eigenvalue weighted by molar-refractivity contribution is 5.81. The Balaban J connectivity index is 1.36. The van der Waals surface area contributed by atoms with Crippen LogP contribution < -0.4 is 10.2 Å². The Morgan fingerprint density at radius 1 is 1.00 bits per heavy atom. The van der Waals surface area contributed by atoms with E-state index in [4.69, 9.17) is 4.98 Å². The van der Waals surface area contributed by atoms with Crippen molar-refractivity contribution in [2.75, 3.05) is 18.0 Å². The van der Waals surface area contributed by atoms with E-state index in [1.165, 1.54) is 31.2 Å². The van der Waals surface area contributed by atoms with Gasteiger partial charge in [0, 0.05) is 19.1 Å². The number of hydrogen-bond donors (Lipinski definition) is 1. The molecule has 5 heteroatoms. The van der Waals surface area contributed by atoms with Crippen LogP contribution in [0, 0.1) is 5.92 Å². The monoisotopic (exact) mass is 416 g/mol. The van der Waals surface area contributed by atoms with Crippen LogP contribution in [0.15, 0.2) is 54.6 Å². The third kappa shape index (κ3) is 4.06. The molecule has 1 saturated carbocycles. The van der Waals surface area contributed by atoms with Crippen molar-refractivity contribution < 1.29 is 4.79 Å². The van der Waals surface area contributed by atoms with Crippen molar-refractivity contribution in [1.82, 2.24) is 14.9 Å². The zero-order chi connectivity index (χ0) is 21.2. The van der Waals surface area contributed by atoms with E-state index in [0.717, 1.165) is 43.0 Å². The maximum Gasteiger partial charge on any atom is 0.225 e. The fraction of sp³-hybridized carbons (Fsp3) is 0.462. The standard InChI is InChI=1S/C26H32N4O/c1-19(20-10-3-2-4-11-20)27-25(31)21-12-9-17-29(18-21)26-28-23-15-7-8-16-24(23)30(26)22-13-5-6-14-22/h2-4,7-8,10-11,15-16,19,21-22H,5-6,9,12-14,17-18H2,1H3,(H,27,31). The average molecular weight is 417 g/mol. The Bertz CT molecular complexity index is 1040. The Kier molecular flexibility index (Phi) is 5.66. The molecule has 1 amide bonds. The molecule has 162 valence electrons. The second-order valence-electron chi connectivity index (χ2n) is 9.13. The summed E-state index contributed by atoms with van der Waals surface area (Å²) in [6.45, 7) is 3.77. The predicted octanol–water partition coefficient (Wildman–Crippen LogP) is 5.25. The number of aromatic nitrogens is 2. The molecule has 2 heterocycles. The number of imidazole rings is 1. The summed E-state index contributed by atoms with van der Waals surface area (Å²) < 4.78 is 2.47. The molecule has 31 heavy (non-hydrogen) atoms. The van der Waals surface area contributed by atoms with Crippen LogP contribution in [-0.2, 0) is 4.79 Å². The van der Waals surface area contributed by atoms with Crippen molar-refractivity contribution in [2.45, 2.75) is 57.5 Å². The highest BCUT2D eigenvalue weighted by Gasteiger charge is 2.31. The lowest BCUT2D eigenvalue weighted by Crippen LogP contribution is -2.44. The summed E-state index contributed by atoms with van der Waals surface area (Å²) in [5, 5.41) is 3.24. The van der Waals surface area contributed by atoms with Crippen molar-refractivity contribution in [3.63, 3.8) is 0 Å². The SMILES string of the molecule is CC(NC(=O)C1CCCN(c2nc3ccccc3n2C2CCCC2)C1)c1ccccc1. The number of carbonyl (C=O) groups is 1. The van der Waals surface area contributed by atoms with Gasteiger partial charge in [-0.05, 0) is 50.3 Å². The van der Waals surface area contributed by atoms with E-state index in [1.54, 1.807) is 0 Å². The van der Waals surface area contributed by atoms with Gasteiger partial charge in [0.1, 0.15) is 0 Å². The van der Waals surface area contributed by atoms with Crippen LogP contribution in [-0.4, -0.2) is 28.5 Å². The quantitative estimate of drug-likeness (QED) is 0.618. The van der Waals surface area contributed by atoms with E-state index in [-0.39, 0.29) is 17.9 Å². The van der Waals surface area contributed by atoms with Crippen molar-refractivity contribution in [2.24, 2.45) is 5.92 Å². The van der Waals surface area contributed by atoms with Crippen LogP contribution in [0.3, 0.4) is 0 Å². The van der Waals surface area contributed by atoms with E-state index < -0.39 is 0 Å². The zero-order valence-corrected chi connectivity index (χ0v) is 18.3. The number of benzene rings is 2. The number of anilines is 1. The van der Waals surface area contributed by atoms with Crippen LogP contribution in [0.2, 0.25) is 0 Å². The van der Waals surface area contributed by atoms with Gasteiger partial charge in [0.2, 0.25) is 11.9 Å². The van der Waals surface area contributed by atoms with E-state index in [2.05, 4.69) is 58.1 Å². The van der Waals surface area contributed by atoms with Crippen LogP contribution in [0.1, 0.15) is 63.1 Å². The van der Waals surface area contributed by atoms with E-state index >= 15 is 0 Å². The summed E-state index contributed by atoms with van der Waals surface area (Å²) in [6, 6.07) is 19.2. The smallest absolute Gasteiger partial charge is 0.225 e. The molecule has 1 N–H and O–H groups in total. The minimum Gasteiger partial charge on any atom is -0.349 e. The van der Waals surface area contributed by atoms with Crippen molar-refractivity contribution in [3.8, 4) is 0 Å². The van der Waals surface area contributed by atoms with Gasteiger partial charge < -0.3 is 14.8 Å². The number of rotatable bonds is 5. The molecule has 2 atom stereocenters.